The zero-order valence-electron chi connectivity index (χ0n) is 9.39. The molecule has 1 N–H and O–H groups in total. The minimum atomic E-state index is -3.59. The van der Waals surface area contributed by atoms with Crippen LogP contribution in [0.3, 0.4) is 0 Å². The molecule has 0 saturated heterocycles. The molecule has 0 aliphatic carbocycles. The first-order valence-electron chi connectivity index (χ1n) is 5.18. The third-order valence-corrected chi connectivity index (χ3v) is 3.38. The van der Waals surface area contributed by atoms with Crippen LogP contribution in [0.2, 0.25) is 0 Å². The van der Waals surface area contributed by atoms with E-state index in [9.17, 15) is 8.42 Å². The van der Waals surface area contributed by atoms with Gasteiger partial charge in [0.15, 0.2) is 0 Å². The van der Waals surface area contributed by atoms with Crippen molar-refractivity contribution in [3.05, 3.63) is 60.4 Å². The number of hydrogen-bond donors (Lipinski definition) is 1. The molecule has 1 aromatic carbocycles. The van der Waals surface area contributed by atoms with E-state index < -0.39 is 10.0 Å². The first-order valence-corrected chi connectivity index (χ1v) is 6.67. The van der Waals surface area contributed by atoms with Gasteiger partial charge < -0.3 is 0 Å². The van der Waals surface area contributed by atoms with Gasteiger partial charge in [-0.3, -0.25) is 4.98 Å². The van der Waals surface area contributed by atoms with Crippen LogP contribution in [0.25, 0.3) is 0 Å². The summed E-state index contributed by atoms with van der Waals surface area (Å²) in [5.74, 6) is 0. The molecule has 2 rings (SSSR count). The molecule has 0 saturated carbocycles. The number of pyridine rings is 1. The fourth-order valence-corrected chi connectivity index (χ4v) is 2.08. The standard InChI is InChI=1S/C12H11N3O2S/c16-18(17,12-4-2-1-3-5-12)15-14-10-11-6-8-13-9-7-11/h1-10,15H. The highest BCUT2D eigenvalue weighted by Crippen LogP contribution is 2.06. The molecule has 0 spiro atoms. The maximum Gasteiger partial charge on any atom is 0.276 e. The van der Waals surface area contributed by atoms with Crippen molar-refractivity contribution >= 4 is 16.2 Å². The second kappa shape index (κ2) is 5.42. The number of benzene rings is 1. The van der Waals surface area contributed by atoms with Crippen LogP contribution in [0, 0.1) is 0 Å². The maximum atomic E-state index is 11.8. The first-order chi connectivity index (χ1) is 8.68. The first kappa shape index (κ1) is 12.3. The molecule has 0 aliphatic heterocycles. The fourth-order valence-electron chi connectivity index (χ4n) is 1.27. The zero-order chi connectivity index (χ0) is 12.8. The van der Waals surface area contributed by atoms with E-state index in [-0.39, 0.29) is 4.90 Å². The van der Waals surface area contributed by atoms with Gasteiger partial charge in [-0.2, -0.15) is 13.5 Å². The minimum absolute atomic E-state index is 0.178. The third-order valence-electron chi connectivity index (χ3n) is 2.15. The Morgan fingerprint density at radius 1 is 1.06 bits per heavy atom. The molecule has 92 valence electrons. The lowest BCUT2D eigenvalue weighted by molar-refractivity contribution is 0.584. The highest BCUT2D eigenvalue weighted by molar-refractivity contribution is 7.89. The van der Waals surface area contributed by atoms with Crippen LogP contribution in [0.15, 0.2) is 64.9 Å². The molecule has 1 aromatic heterocycles. The van der Waals surface area contributed by atoms with E-state index in [2.05, 4.69) is 14.9 Å². The van der Waals surface area contributed by atoms with Crippen molar-refractivity contribution in [2.24, 2.45) is 5.10 Å². The van der Waals surface area contributed by atoms with Crippen LogP contribution >= 0.6 is 0 Å². The van der Waals surface area contributed by atoms with Crippen LogP contribution < -0.4 is 4.83 Å². The molecule has 6 heteroatoms. The van der Waals surface area contributed by atoms with Crippen molar-refractivity contribution in [1.29, 1.82) is 0 Å². The quantitative estimate of drug-likeness (QED) is 0.668. The van der Waals surface area contributed by atoms with E-state index in [0.717, 1.165) is 5.56 Å². The summed E-state index contributed by atoms with van der Waals surface area (Å²) in [5.41, 5.74) is 0.765. The van der Waals surface area contributed by atoms with Crippen LogP contribution in [-0.2, 0) is 10.0 Å². The topological polar surface area (TPSA) is 71.4 Å². The van der Waals surface area contributed by atoms with Gasteiger partial charge >= 0.3 is 0 Å². The number of rotatable bonds is 4. The van der Waals surface area contributed by atoms with E-state index in [1.807, 2.05) is 0 Å². The van der Waals surface area contributed by atoms with Crippen molar-refractivity contribution in [3.8, 4) is 0 Å². The average molecular weight is 261 g/mol. The molecule has 0 bridgehead atoms. The highest BCUT2D eigenvalue weighted by Gasteiger charge is 2.10. The van der Waals surface area contributed by atoms with E-state index in [4.69, 9.17) is 0 Å². The Kier molecular flexibility index (Phi) is 3.69. The molecule has 18 heavy (non-hydrogen) atoms. The third kappa shape index (κ3) is 3.14. The van der Waals surface area contributed by atoms with Gasteiger partial charge in [-0.25, -0.2) is 4.83 Å². The summed E-state index contributed by atoms with van der Waals surface area (Å²) in [7, 11) is -3.59. The second-order valence-electron chi connectivity index (χ2n) is 3.45. The van der Waals surface area contributed by atoms with Crippen LogP contribution in [0.4, 0.5) is 0 Å². The fraction of sp³-hybridized carbons (Fsp3) is 0. The molecular formula is C12H11N3O2S. The van der Waals surface area contributed by atoms with Crippen LogP contribution in [-0.4, -0.2) is 19.6 Å². The molecule has 1 heterocycles. The van der Waals surface area contributed by atoms with Gasteiger partial charge in [-0.15, -0.1) is 0 Å². The lowest BCUT2D eigenvalue weighted by Gasteiger charge is -2.02. The predicted molar refractivity (Wildman–Crippen MR) is 68.6 cm³/mol. The average Bonchev–Trinajstić information content (AvgIpc) is 2.41. The molecule has 0 fully saturated rings. The normalized spacial score (nSPS) is 11.6. The van der Waals surface area contributed by atoms with Gasteiger partial charge in [-0.05, 0) is 29.8 Å². The molecule has 0 unspecified atom stereocenters. The number of hydrazone groups is 1. The summed E-state index contributed by atoms with van der Waals surface area (Å²) in [4.78, 5) is 6.17. The Labute approximate surface area is 105 Å². The number of sulfonamides is 1. The molecular weight excluding hydrogens is 250 g/mol. The Morgan fingerprint density at radius 3 is 2.39 bits per heavy atom. The Morgan fingerprint density at radius 2 is 1.72 bits per heavy atom. The Balaban J connectivity index is 2.09. The largest absolute Gasteiger partial charge is 0.276 e. The SMILES string of the molecule is O=S(=O)(NN=Cc1ccncc1)c1ccccc1. The lowest BCUT2D eigenvalue weighted by atomic mass is 10.3. The monoisotopic (exact) mass is 261 g/mol. The molecule has 2 aromatic rings. The number of nitrogens with zero attached hydrogens (tertiary/aromatic N) is 2. The Hall–Kier alpha value is -2.21. The highest BCUT2D eigenvalue weighted by atomic mass is 32.2. The summed E-state index contributed by atoms with van der Waals surface area (Å²) in [6.45, 7) is 0. The maximum absolute atomic E-state index is 11.8. The van der Waals surface area contributed by atoms with Gasteiger partial charge in [0.25, 0.3) is 10.0 Å². The van der Waals surface area contributed by atoms with E-state index in [1.54, 1.807) is 42.7 Å². The molecule has 0 atom stereocenters. The number of nitrogens with one attached hydrogen (secondary N) is 1. The summed E-state index contributed by atoms with van der Waals surface area (Å²) >= 11 is 0. The Bertz CT molecular complexity index is 625. The van der Waals surface area contributed by atoms with Crippen LogP contribution in [0.5, 0.6) is 0 Å². The smallest absolute Gasteiger partial charge is 0.265 e. The van der Waals surface area contributed by atoms with Crippen molar-refractivity contribution < 1.29 is 8.42 Å². The summed E-state index contributed by atoms with van der Waals surface area (Å²) in [6, 6.07) is 11.5. The number of aromatic nitrogens is 1. The molecule has 5 nitrogen and oxygen atoms in total. The van der Waals surface area contributed by atoms with Gasteiger partial charge in [-0.1, -0.05) is 18.2 Å². The second-order valence-corrected chi connectivity index (χ2v) is 5.11. The van der Waals surface area contributed by atoms with E-state index in [0.29, 0.717) is 0 Å². The van der Waals surface area contributed by atoms with Gasteiger partial charge in [0.1, 0.15) is 0 Å². The van der Waals surface area contributed by atoms with Gasteiger partial charge in [0.2, 0.25) is 0 Å². The summed E-state index contributed by atoms with van der Waals surface area (Å²) in [6.07, 6.45) is 4.63. The number of hydrogen-bond acceptors (Lipinski definition) is 4. The molecule has 0 amide bonds. The van der Waals surface area contributed by atoms with Gasteiger partial charge in [0, 0.05) is 12.4 Å². The molecule has 0 radical (unpaired) electrons. The molecule has 0 aliphatic rings. The van der Waals surface area contributed by atoms with Gasteiger partial charge in [0.05, 0.1) is 11.1 Å². The van der Waals surface area contributed by atoms with Crippen molar-refractivity contribution in [3.63, 3.8) is 0 Å². The summed E-state index contributed by atoms with van der Waals surface area (Å²) < 4.78 is 23.6. The van der Waals surface area contributed by atoms with Crippen molar-refractivity contribution in [2.45, 2.75) is 4.90 Å². The van der Waals surface area contributed by atoms with Crippen LogP contribution in [0.1, 0.15) is 5.56 Å². The zero-order valence-corrected chi connectivity index (χ0v) is 10.2. The van der Waals surface area contributed by atoms with Crippen molar-refractivity contribution in [1.82, 2.24) is 9.82 Å². The summed E-state index contributed by atoms with van der Waals surface area (Å²) in [5, 5.41) is 3.70. The van der Waals surface area contributed by atoms with E-state index in [1.165, 1.54) is 18.3 Å². The lowest BCUT2D eigenvalue weighted by Crippen LogP contribution is -2.18. The van der Waals surface area contributed by atoms with Crippen molar-refractivity contribution in [2.75, 3.05) is 0 Å². The predicted octanol–water partition coefficient (Wildman–Crippen LogP) is 1.39. The minimum Gasteiger partial charge on any atom is -0.265 e. The van der Waals surface area contributed by atoms with E-state index >= 15 is 0 Å².